The smallest absolute Gasteiger partial charge is 0.226 e. The first-order chi connectivity index (χ1) is 12.7. The van der Waals surface area contributed by atoms with Crippen molar-refractivity contribution in [2.75, 3.05) is 23.5 Å². The number of anilines is 3. The average molecular weight is 401 g/mol. The molecule has 27 heavy (non-hydrogen) atoms. The maximum atomic E-state index is 10.9. The van der Waals surface area contributed by atoms with Crippen LogP contribution in [0.5, 0.6) is 0 Å². The van der Waals surface area contributed by atoms with Crippen LogP contribution in [-0.4, -0.2) is 51.3 Å². The molecule has 1 aromatic rings. The fourth-order valence-corrected chi connectivity index (χ4v) is 4.44. The third-order valence-electron chi connectivity index (χ3n) is 5.48. The maximum absolute atomic E-state index is 10.9. The Morgan fingerprint density at radius 2 is 2.07 bits per heavy atom. The summed E-state index contributed by atoms with van der Waals surface area (Å²) in [5.74, 6) is -0.379. The van der Waals surface area contributed by atoms with Gasteiger partial charge in [0.15, 0.2) is 17.4 Å². The monoisotopic (exact) mass is 400 g/mol. The molecule has 0 spiro atoms. The molecule has 2 fully saturated rings. The number of nitrogens with two attached hydrogens (primary N) is 2. The molecule has 10 heteroatoms. The Kier molecular flexibility index (Phi) is 5.97. The fourth-order valence-electron chi connectivity index (χ4n) is 4.27. The van der Waals surface area contributed by atoms with E-state index in [2.05, 4.69) is 22.3 Å². The highest BCUT2D eigenvalue weighted by Crippen LogP contribution is 2.39. The van der Waals surface area contributed by atoms with E-state index in [0.717, 1.165) is 12.8 Å². The van der Waals surface area contributed by atoms with Gasteiger partial charge in [-0.25, -0.2) is 5.43 Å². The summed E-state index contributed by atoms with van der Waals surface area (Å²) >= 11 is 5.96. The number of halogens is 1. The molecule has 0 bridgehead atoms. The van der Waals surface area contributed by atoms with Gasteiger partial charge < -0.3 is 26.4 Å². The number of nitrogens with one attached hydrogen (secondary N) is 1. The van der Waals surface area contributed by atoms with E-state index in [1.54, 1.807) is 12.1 Å². The van der Waals surface area contributed by atoms with E-state index < -0.39 is 18.0 Å². The molecule has 0 aromatic carbocycles. The van der Waals surface area contributed by atoms with Crippen LogP contribution >= 0.6 is 11.6 Å². The molecular weight excluding hydrogens is 372 g/mol. The van der Waals surface area contributed by atoms with Crippen molar-refractivity contribution in [3.05, 3.63) is 5.28 Å². The molecule has 5 atom stereocenters. The van der Waals surface area contributed by atoms with Gasteiger partial charge in [0, 0.05) is 26.3 Å². The highest BCUT2D eigenvalue weighted by atomic mass is 35.5. The molecule has 3 rings (SSSR count). The molecule has 0 saturated heterocycles. The number of hydrogen-bond donors (Lipinski definition) is 5. The number of ether oxygens (including phenoxy) is 1. The number of aliphatic hydroxyl groups excluding tert-OH is 1. The van der Waals surface area contributed by atoms with Crippen molar-refractivity contribution in [1.29, 1.82) is 0 Å². The molecule has 0 aliphatic heterocycles. The molecule has 152 valence electrons. The van der Waals surface area contributed by atoms with Crippen molar-refractivity contribution >= 4 is 28.9 Å². The van der Waals surface area contributed by atoms with Gasteiger partial charge in [-0.15, -0.1) is 0 Å². The lowest BCUT2D eigenvalue weighted by Crippen LogP contribution is -2.52. The minimum absolute atomic E-state index is 0.0207. The Balaban J connectivity index is 1.86. The summed E-state index contributed by atoms with van der Waals surface area (Å²) in [7, 11) is 1.71. The zero-order valence-electron chi connectivity index (χ0n) is 15.7. The largest absolute Gasteiger partial charge is 0.393 e. The molecule has 7 N–H and O–H groups in total. The normalized spacial score (nSPS) is 34.0. The van der Waals surface area contributed by atoms with Crippen molar-refractivity contribution in [3.63, 3.8) is 0 Å². The molecule has 1 aromatic heterocycles. The van der Waals surface area contributed by atoms with Crippen LogP contribution in [0.3, 0.4) is 0 Å². The minimum Gasteiger partial charge on any atom is -0.393 e. The van der Waals surface area contributed by atoms with Crippen molar-refractivity contribution in [2.24, 2.45) is 5.92 Å². The van der Waals surface area contributed by atoms with Crippen LogP contribution in [0.25, 0.3) is 0 Å². The SMILES string of the molecule is CNN(c1nc(Cl)nc(N)c1N)C1CC(O)CC1OC1(O)CCCC(C)C1. The summed E-state index contributed by atoms with van der Waals surface area (Å²) in [5, 5.41) is 22.9. The van der Waals surface area contributed by atoms with Gasteiger partial charge in [-0.05, 0) is 30.4 Å². The Hall–Kier alpha value is -1.39. The molecule has 1 heterocycles. The van der Waals surface area contributed by atoms with E-state index >= 15 is 0 Å². The third kappa shape index (κ3) is 4.38. The Labute approximate surface area is 164 Å². The standard InChI is InChI=1S/C17H29ClN6O3/c1-9-4-3-5-17(26,8-9)27-12-7-10(25)6-11(12)24(21-2)15-13(19)14(20)22-16(18)23-15/h9-12,21,25-26H,3-8,19H2,1-2H3,(H2,20,22,23). The van der Waals surface area contributed by atoms with Crippen LogP contribution in [0.1, 0.15) is 45.4 Å². The minimum atomic E-state index is -1.18. The topological polar surface area (TPSA) is 143 Å². The van der Waals surface area contributed by atoms with Crippen molar-refractivity contribution in [1.82, 2.24) is 15.4 Å². The molecule has 2 aliphatic carbocycles. The Bertz CT molecular complexity index is 680. The van der Waals surface area contributed by atoms with Crippen molar-refractivity contribution in [3.8, 4) is 0 Å². The summed E-state index contributed by atoms with van der Waals surface area (Å²) in [6.45, 7) is 2.11. The van der Waals surface area contributed by atoms with E-state index in [-0.39, 0.29) is 22.8 Å². The van der Waals surface area contributed by atoms with Crippen molar-refractivity contribution < 1.29 is 14.9 Å². The zero-order valence-corrected chi connectivity index (χ0v) is 16.5. The van der Waals surface area contributed by atoms with Gasteiger partial charge in [-0.1, -0.05) is 13.3 Å². The van der Waals surface area contributed by atoms with Gasteiger partial charge >= 0.3 is 0 Å². The second-order valence-electron chi connectivity index (χ2n) is 7.71. The maximum Gasteiger partial charge on any atom is 0.226 e. The van der Waals surface area contributed by atoms with E-state index in [9.17, 15) is 10.2 Å². The Morgan fingerprint density at radius 1 is 1.33 bits per heavy atom. The number of hydrogen-bond acceptors (Lipinski definition) is 9. The number of rotatable bonds is 5. The quantitative estimate of drug-likeness (QED) is 0.278. The van der Waals surface area contributed by atoms with Crippen LogP contribution in [-0.2, 0) is 4.74 Å². The molecule has 0 amide bonds. The predicted molar refractivity (Wildman–Crippen MR) is 104 cm³/mol. The van der Waals surface area contributed by atoms with Crippen LogP contribution in [0, 0.1) is 5.92 Å². The molecule has 5 unspecified atom stereocenters. The molecule has 2 aliphatic rings. The highest BCUT2D eigenvalue weighted by molar-refractivity contribution is 6.28. The molecule has 2 saturated carbocycles. The van der Waals surface area contributed by atoms with Crippen LogP contribution in [0.4, 0.5) is 17.3 Å². The number of aliphatic hydroxyl groups is 2. The molecule has 9 nitrogen and oxygen atoms in total. The van der Waals surface area contributed by atoms with Gasteiger partial charge in [-0.3, -0.25) is 5.01 Å². The summed E-state index contributed by atoms with van der Waals surface area (Å²) in [6.07, 6.45) is 3.04. The van der Waals surface area contributed by atoms with E-state index in [0.29, 0.717) is 37.4 Å². The summed E-state index contributed by atoms with van der Waals surface area (Å²) < 4.78 is 6.16. The van der Waals surface area contributed by atoms with Gasteiger partial charge in [0.1, 0.15) is 5.69 Å². The highest BCUT2D eigenvalue weighted by Gasteiger charge is 2.45. The molecular formula is C17H29ClN6O3. The zero-order chi connectivity index (χ0) is 19.8. The van der Waals surface area contributed by atoms with Crippen LogP contribution in [0.2, 0.25) is 5.28 Å². The lowest BCUT2D eigenvalue weighted by Gasteiger charge is -2.40. The first-order valence-electron chi connectivity index (χ1n) is 9.36. The van der Waals surface area contributed by atoms with E-state index in [4.69, 9.17) is 27.8 Å². The fraction of sp³-hybridized carbons (Fsp3) is 0.765. The van der Waals surface area contributed by atoms with Crippen molar-refractivity contribution in [2.45, 2.75) is 69.5 Å². The predicted octanol–water partition coefficient (Wildman–Crippen LogP) is 1.04. The van der Waals surface area contributed by atoms with E-state index in [1.807, 2.05) is 0 Å². The first kappa shape index (κ1) is 20.3. The number of nitrogens with zero attached hydrogens (tertiary/aromatic N) is 3. The first-order valence-corrected chi connectivity index (χ1v) is 9.73. The lowest BCUT2D eigenvalue weighted by molar-refractivity contribution is -0.252. The van der Waals surface area contributed by atoms with Crippen LogP contribution in [0.15, 0.2) is 0 Å². The van der Waals surface area contributed by atoms with Gasteiger partial charge in [0.25, 0.3) is 0 Å². The van der Waals surface area contributed by atoms with Gasteiger partial charge in [-0.2, -0.15) is 9.97 Å². The van der Waals surface area contributed by atoms with Crippen LogP contribution < -0.4 is 21.9 Å². The van der Waals surface area contributed by atoms with Gasteiger partial charge in [0.05, 0.1) is 18.2 Å². The lowest BCUT2D eigenvalue weighted by atomic mass is 9.86. The number of nitrogen functional groups attached to an aromatic ring is 2. The van der Waals surface area contributed by atoms with E-state index in [1.165, 1.54) is 0 Å². The van der Waals surface area contributed by atoms with Gasteiger partial charge in [0.2, 0.25) is 5.28 Å². The number of hydrazine groups is 1. The number of aromatic nitrogens is 2. The third-order valence-corrected chi connectivity index (χ3v) is 5.65. The second-order valence-corrected chi connectivity index (χ2v) is 8.04. The summed E-state index contributed by atoms with van der Waals surface area (Å²) in [6, 6.07) is -0.307. The second kappa shape index (κ2) is 7.92. The average Bonchev–Trinajstić information content (AvgIpc) is 2.91. The Morgan fingerprint density at radius 3 is 2.74 bits per heavy atom. The summed E-state index contributed by atoms with van der Waals surface area (Å²) in [5.41, 5.74) is 15.1. The molecule has 0 radical (unpaired) electrons. The summed E-state index contributed by atoms with van der Waals surface area (Å²) in [4.78, 5) is 8.05.